The second-order valence-corrected chi connectivity index (χ2v) is 7.95. The molecule has 0 aliphatic carbocycles. The lowest BCUT2D eigenvalue weighted by Crippen LogP contribution is -2.42. The van der Waals surface area contributed by atoms with Crippen molar-refractivity contribution in [3.63, 3.8) is 0 Å². The van der Waals surface area contributed by atoms with Crippen LogP contribution in [0.4, 0.5) is 5.69 Å². The fourth-order valence-electron chi connectivity index (χ4n) is 3.77. The van der Waals surface area contributed by atoms with Gasteiger partial charge in [-0.05, 0) is 75.1 Å². The van der Waals surface area contributed by atoms with Gasteiger partial charge in [0.1, 0.15) is 0 Å². The summed E-state index contributed by atoms with van der Waals surface area (Å²) >= 11 is 0. The lowest BCUT2D eigenvalue weighted by atomic mass is 10.0. The number of nitrogens with zero attached hydrogens (tertiary/aromatic N) is 1. The van der Waals surface area contributed by atoms with Gasteiger partial charge in [0.15, 0.2) is 18.1 Å². The Hall–Kier alpha value is -3.55. The van der Waals surface area contributed by atoms with Crippen LogP contribution in [0.5, 0.6) is 11.5 Å². The van der Waals surface area contributed by atoms with Crippen molar-refractivity contribution < 1.29 is 23.9 Å². The molecule has 1 unspecified atom stereocenters. The van der Waals surface area contributed by atoms with Gasteiger partial charge in [0, 0.05) is 29.4 Å². The zero-order chi connectivity index (χ0) is 23.3. The molecule has 1 heterocycles. The number of methoxy groups -OCH3 is 1. The molecule has 3 N–H and O–H groups in total. The monoisotopic (exact) mass is 439 g/mol. The third-order valence-corrected chi connectivity index (χ3v) is 5.58. The third-order valence-electron chi connectivity index (χ3n) is 5.58. The Kier molecular flexibility index (Phi) is 7.35. The number of aryl methyl sites for hydroxylation is 1. The topological polar surface area (TPSA) is 111 Å². The van der Waals surface area contributed by atoms with Gasteiger partial charge >= 0.3 is 0 Å². The van der Waals surface area contributed by atoms with Gasteiger partial charge in [-0.2, -0.15) is 0 Å². The molecule has 3 rings (SSSR count). The molecule has 8 nitrogen and oxygen atoms in total. The second kappa shape index (κ2) is 10.2. The van der Waals surface area contributed by atoms with E-state index in [1.807, 2.05) is 11.8 Å². The molecule has 0 bridgehead atoms. The van der Waals surface area contributed by atoms with Gasteiger partial charge in [-0.1, -0.05) is 0 Å². The van der Waals surface area contributed by atoms with Gasteiger partial charge in [0.25, 0.3) is 17.7 Å². The van der Waals surface area contributed by atoms with Gasteiger partial charge in [0.05, 0.1) is 7.11 Å². The Balaban J connectivity index is 1.72. The Bertz CT molecular complexity index is 1020. The molecule has 2 aromatic rings. The Morgan fingerprint density at radius 3 is 2.50 bits per heavy atom. The first-order chi connectivity index (χ1) is 15.3. The average molecular weight is 440 g/mol. The normalized spacial score (nSPS) is 15.7. The van der Waals surface area contributed by atoms with Gasteiger partial charge in [-0.25, -0.2) is 0 Å². The van der Waals surface area contributed by atoms with Gasteiger partial charge in [-0.3, -0.25) is 14.4 Å². The van der Waals surface area contributed by atoms with Crippen molar-refractivity contribution in [1.82, 2.24) is 4.90 Å². The van der Waals surface area contributed by atoms with E-state index < -0.39 is 5.91 Å². The van der Waals surface area contributed by atoms with Crippen LogP contribution < -0.4 is 20.5 Å². The van der Waals surface area contributed by atoms with E-state index in [0.717, 1.165) is 31.4 Å². The maximum Gasteiger partial charge on any atom is 0.255 e. The maximum absolute atomic E-state index is 12.9. The number of anilines is 1. The van der Waals surface area contributed by atoms with Crippen LogP contribution in [-0.4, -0.2) is 48.9 Å². The number of carbonyl (C=O) groups is 3. The number of benzene rings is 2. The SMILES string of the molecule is COc1cc(C(=O)Nc2ccc(C(=O)N3CCCCC3C)cc2C)ccc1OCC(N)=O. The van der Waals surface area contributed by atoms with Crippen LogP contribution in [0.2, 0.25) is 0 Å². The highest BCUT2D eigenvalue weighted by Crippen LogP contribution is 2.29. The number of piperidine rings is 1. The summed E-state index contributed by atoms with van der Waals surface area (Å²) in [7, 11) is 1.44. The fraction of sp³-hybridized carbons (Fsp3) is 0.375. The van der Waals surface area contributed by atoms with E-state index in [1.54, 1.807) is 30.3 Å². The molecule has 0 spiro atoms. The number of amides is 3. The van der Waals surface area contributed by atoms with E-state index in [4.69, 9.17) is 15.2 Å². The van der Waals surface area contributed by atoms with E-state index >= 15 is 0 Å². The molecule has 1 fully saturated rings. The molecule has 1 saturated heterocycles. The number of hydrogen-bond donors (Lipinski definition) is 2. The molecule has 0 radical (unpaired) electrons. The summed E-state index contributed by atoms with van der Waals surface area (Å²) in [5.74, 6) is -0.298. The highest BCUT2D eigenvalue weighted by Gasteiger charge is 2.24. The van der Waals surface area contributed by atoms with Crippen LogP contribution in [-0.2, 0) is 4.79 Å². The highest BCUT2D eigenvalue weighted by molar-refractivity contribution is 6.05. The van der Waals surface area contributed by atoms with Crippen molar-refractivity contribution in [3.8, 4) is 11.5 Å². The van der Waals surface area contributed by atoms with Crippen molar-refractivity contribution in [2.45, 2.75) is 39.2 Å². The Morgan fingerprint density at radius 1 is 1.09 bits per heavy atom. The minimum absolute atomic E-state index is 0.0227. The van der Waals surface area contributed by atoms with Gasteiger partial charge in [-0.15, -0.1) is 0 Å². The maximum atomic E-state index is 12.9. The minimum Gasteiger partial charge on any atom is -0.493 e. The molecular weight excluding hydrogens is 410 g/mol. The molecule has 170 valence electrons. The zero-order valence-electron chi connectivity index (χ0n) is 18.6. The van der Waals surface area contributed by atoms with E-state index in [1.165, 1.54) is 13.2 Å². The molecule has 1 aliphatic heterocycles. The summed E-state index contributed by atoms with van der Waals surface area (Å²) in [6.45, 7) is 4.42. The highest BCUT2D eigenvalue weighted by atomic mass is 16.5. The van der Waals surface area contributed by atoms with E-state index in [2.05, 4.69) is 12.2 Å². The second-order valence-electron chi connectivity index (χ2n) is 7.95. The number of nitrogens with one attached hydrogen (secondary N) is 1. The molecule has 2 aromatic carbocycles. The Labute approximate surface area is 187 Å². The zero-order valence-corrected chi connectivity index (χ0v) is 18.6. The summed E-state index contributed by atoms with van der Waals surface area (Å²) in [5.41, 5.74) is 7.48. The summed E-state index contributed by atoms with van der Waals surface area (Å²) in [5, 5.41) is 2.87. The Morgan fingerprint density at radius 2 is 1.84 bits per heavy atom. The molecule has 1 atom stereocenters. The number of carbonyl (C=O) groups excluding carboxylic acids is 3. The predicted molar refractivity (Wildman–Crippen MR) is 121 cm³/mol. The van der Waals surface area contributed by atoms with E-state index in [0.29, 0.717) is 28.3 Å². The fourth-order valence-corrected chi connectivity index (χ4v) is 3.77. The molecule has 0 aromatic heterocycles. The van der Waals surface area contributed by atoms with E-state index in [-0.39, 0.29) is 24.5 Å². The van der Waals surface area contributed by atoms with Crippen LogP contribution >= 0.6 is 0 Å². The summed E-state index contributed by atoms with van der Waals surface area (Å²) < 4.78 is 10.5. The molecule has 3 amide bonds. The predicted octanol–water partition coefficient (Wildman–Crippen LogP) is 3.13. The lowest BCUT2D eigenvalue weighted by Gasteiger charge is -2.33. The van der Waals surface area contributed by atoms with Crippen molar-refractivity contribution in [2.24, 2.45) is 5.73 Å². The lowest BCUT2D eigenvalue weighted by molar-refractivity contribution is -0.119. The first kappa shape index (κ1) is 23.1. The first-order valence-electron chi connectivity index (χ1n) is 10.6. The number of rotatable bonds is 7. The standard InChI is InChI=1S/C24H29N3O5/c1-15-12-18(24(30)27-11-5-4-6-16(27)2)7-9-19(15)26-23(29)17-8-10-20(21(13-17)31-3)32-14-22(25)28/h7-10,12-13,16H,4-6,11,14H2,1-3H3,(H2,25,28)(H,26,29). The molecule has 32 heavy (non-hydrogen) atoms. The summed E-state index contributed by atoms with van der Waals surface area (Å²) in [6, 6.07) is 10.2. The van der Waals surface area contributed by atoms with Crippen molar-refractivity contribution >= 4 is 23.4 Å². The van der Waals surface area contributed by atoms with Crippen LogP contribution in [0.15, 0.2) is 36.4 Å². The van der Waals surface area contributed by atoms with Crippen molar-refractivity contribution in [3.05, 3.63) is 53.1 Å². The van der Waals surface area contributed by atoms with Gasteiger partial charge in [0.2, 0.25) is 0 Å². The van der Waals surface area contributed by atoms with E-state index in [9.17, 15) is 14.4 Å². The summed E-state index contributed by atoms with van der Waals surface area (Å²) in [6.07, 6.45) is 3.20. The van der Waals surface area contributed by atoms with Crippen molar-refractivity contribution in [1.29, 1.82) is 0 Å². The summed E-state index contributed by atoms with van der Waals surface area (Å²) in [4.78, 5) is 38.5. The molecule has 0 saturated carbocycles. The van der Waals surface area contributed by atoms with Crippen LogP contribution in [0.3, 0.4) is 0 Å². The number of primary amides is 1. The quantitative estimate of drug-likeness (QED) is 0.689. The van der Waals surface area contributed by atoms with Crippen LogP contribution in [0.1, 0.15) is 52.5 Å². The first-order valence-corrected chi connectivity index (χ1v) is 10.6. The molecule has 1 aliphatic rings. The van der Waals surface area contributed by atoms with Gasteiger partial charge < -0.3 is 25.4 Å². The number of nitrogens with two attached hydrogens (primary N) is 1. The molecular formula is C24H29N3O5. The average Bonchev–Trinajstić information content (AvgIpc) is 2.78. The number of ether oxygens (including phenoxy) is 2. The number of likely N-dealkylation sites (tertiary alicyclic amines) is 1. The third kappa shape index (κ3) is 5.38. The van der Waals surface area contributed by atoms with Crippen LogP contribution in [0.25, 0.3) is 0 Å². The largest absolute Gasteiger partial charge is 0.493 e. The minimum atomic E-state index is -0.610. The molecule has 8 heteroatoms. The smallest absolute Gasteiger partial charge is 0.255 e. The number of hydrogen-bond acceptors (Lipinski definition) is 5. The van der Waals surface area contributed by atoms with Crippen molar-refractivity contribution in [2.75, 3.05) is 25.6 Å². The van der Waals surface area contributed by atoms with Crippen LogP contribution in [0, 0.1) is 6.92 Å².